The summed E-state index contributed by atoms with van der Waals surface area (Å²) in [7, 11) is 3.46. The number of guanidine groups is 1. The predicted molar refractivity (Wildman–Crippen MR) is 122 cm³/mol. The number of piperidine rings is 1. The van der Waals surface area contributed by atoms with Gasteiger partial charge >= 0.3 is 0 Å². The molecule has 1 saturated heterocycles. The Balaban J connectivity index is 1.41. The summed E-state index contributed by atoms with van der Waals surface area (Å²) in [6, 6.07) is 14.2. The highest BCUT2D eigenvalue weighted by atomic mass is 16.5. The third kappa shape index (κ3) is 6.27. The average molecular weight is 412 g/mol. The fourth-order valence-corrected chi connectivity index (χ4v) is 3.51. The first kappa shape index (κ1) is 21.7. The number of ether oxygens (including phenoxy) is 2. The van der Waals surface area contributed by atoms with E-state index < -0.39 is 0 Å². The highest BCUT2D eigenvalue weighted by Gasteiger charge is 2.21. The van der Waals surface area contributed by atoms with Crippen LogP contribution in [0, 0.1) is 6.92 Å². The van der Waals surface area contributed by atoms with Crippen molar-refractivity contribution in [1.82, 2.24) is 15.6 Å². The van der Waals surface area contributed by atoms with E-state index in [9.17, 15) is 0 Å². The fourth-order valence-electron chi connectivity index (χ4n) is 3.51. The molecule has 1 aromatic heterocycles. The SMILES string of the molecule is CN=C(NCC(C)Oc1ccc(OC)cc1)NC1CCN(c2cccc(C)n2)CC1. The number of aromatic nitrogens is 1. The van der Waals surface area contributed by atoms with E-state index in [1.165, 1.54) is 0 Å². The Labute approximate surface area is 179 Å². The summed E-state index contributed by atoms with van der Waals surface area (Å²) in [5.41, 5.74) is 1.06. The van der Waals surface area contributed by atoms with Gasteiger partial charge in [-0.05, 0) is 63.1 Å². The number of hydrogen-bond acceptors (Lipinski definition) is 5. The minimum absolute atomic E-state index is 0.00573. The molecule has 7 heteroatoms. The molecule has 30 heavy (non-hydrogen) atoms. The standard InChI is InChI=1S/C23H33N5O2/c1-17-6-5-7-22(26-17)28-14-12-19(13-15-28)27-23(24-3)25-16-18(2)30-21-10-8-20(29-4)9-11-21/h5-11,18-19H,12-16H2,1-4H3,(H2,24,25,27). The summed E-state index contributed by atoms with van der Waals surface area (Å²) < 4.78 is 11.1. The van der Waals surface area contributed by atoms with E-state index in [-0.39, 0.29) is 6.10 Å². The summed E-state index contributed by atoms with van der Waals surface area (Å²) in [4.78, 5) is 11.4. The van der Waals surface area contributed by atoms with E-state index in [4.69, 9.17) is 9.47 Å². The van der Waals surface area contributed by atoms with Gasteiger partial charge in [0.2, 0.25) is 0 Å². The topological polar surface area (TPSA) is 71.0 Å². The number of aryl methyl sites for hydroxylation is 1. The van der Waals surface area contributed by atoms with Crippen molar-refractivity contribution in [2.75, 3.05) is 38.7 Å². The lowest BCUT2D eigenvalue weighted by molar-refractivity contribution is 0.223. The second-order valence-electron chi connectivity index (χ2n) is 7.60. The summed E-state index contributed by atoms with van der Waals surface area (Å²) in [5, 5.41) is 6.92. The molecule has 162 valence electrons. The van der Waals surface area contributed by atoms with E-state index >= 15 is 0 Å². The quantitative estimate of drug-likeness (QED) is 0.539. The molecule has 0 radical (unpaired) electrons. The van der Waals surface area contributed by atoms with Gasteiger partial charge in [0, 0.05) is 31.9 Å². The third-order valence-electron chi connectivity index (χ3n) is 5.21. The van der Waals surface area contributed by atoms with Crippen LogP contribution in [-0.4, -0.2) is 56.9 Å². The third-order valence-corrected chi connectivity index (χ3v) is 5.21. The molecule has 2 N–H and O–H groups in total. The first-order valence-electron chi connectivity index (χ1n) is 10.5. The predicted octanol–water partition coefficient (Wildman–Crippen LogP) is 3.00. The number of anilines is 1. The van der Waals surface area contributed by atoms with Crippen molar-refractivity contribution in [1.29, 1.82) is 0 Å². The van der Waals surface area contributed by atoms with Crippen LogP contribution in [0.1, 0.15) is 25.5 Å². The van der Waals surface area contributed by atoms with Gasteiger partial charge < -0.3 is 25.0 Å². The van der Waals surface area contributed by atoms with Gasteiger partial charge in [0.15, 0.2) is 5.96 Å². The zero-order chi connectivity index (χ0) is 21.3. The van der Waals surface area contributed by atoms with E-state index in [0.29, 0.717) is 12.6 Å². The second-order valence-corrected chi connectivity index (χ2v) is 7.60. The maximum absolute atomic E-state index is 5.96. The molecule has 0 spiro atoms. The van der Waals surface area contributed by atoms with Crippen molar-refractivity contribution in [2.24, 2.45) is 4.99 Å². The minimum Gasteiger partial charge on any atom is -0.497 e. The van der Waals surface area contributed by atoms with E-state index in [1.54, 1.807) is 14.2 Å². The zero-order valence-electron chi connectivity index (χ0n) is 18.4. The second kappa shape index (κ2) is 10.7. The Morgan fingerprint density at radius 1 is 1.17 bits per heavy atom. The lowest BCUT2D eigenvalue weighted by atomic mass is 10.1. The Morgan fingerprint density at radius 2 is 1.87 bits per heavy atom. The molecule has 1 aliphatic heterocycles. The van der Waals surface area contributed by atoms with Crippen LogP contribution in [0.3, 0.4) is 0 Å². The maximum Gasteiger partial charge on any atom is 0.191 e. The van der Waals surface area contributed by atoms with Gasteiger partial charge in [-0.3, -0.25) is 4.99 Å². The van der Waals surface area contributed by atoms with Crippen LogP contribution in [0.25, 0.3) is 0 Å². The normalized spacial score (nSPS) is 16.1. The molecule has 1 atom stereocenters. The Kier molecular flexibility index (Phi) is 7.76. The van der Waals surface area contributed by atoms with Crippen LogP contribution < -0.4 is 25.0 Å². The number of nitrogens with zero attached hydrogens (tertiary/aromatic N) is 3. The Bertz CT molecular complexity index is 817. The van der Waals surface area contributed by atoms with E-state index in [1.807, 2.05) is 44.2 Å². The van der Waals surface area contributed by atoms with Crippen LogP contribution in [0.4, 0.5) is 5.82 Å². The average Bonchev–Trinajstić information content (AvgIpc) is 2.77. The van der Waals surface area contributed by atoms with Crippen LogP contribution in [0.5, 0.6) is 11.5 Å². The van der Waals surface area contributed by atoms with Gasteiger partial charge in [-0.2, -0.15) is 0 Å². The van der Waals surface area contributed by atoms with Gasteiger partial charge in [0.05, 0.1) is 13.7 Å². The molecule has 2 heterocycles. The number of aliphatic imine (C=N–C) groups is 1. The van der Waals surface area contributed by atoms with Crippen molar-refractivity contribution in [3.05, 3.63) is 48.2 Å². The van der Waals surface area contributed by atoms with Crippen molar-refractivity contribution in [3.63, 3.8) is 0 Å². The van der Waals surface area contributed by atoms with Crippen molar-refractivity contribution >= 4 is 11.8 Å². The lowest BCUT2D eigenvalue weighted by Gasteiger charge is -2.34. The van der Waals surface area contributed by atoms with Crippen LogP contribution in [-0.2, 0) is 0 Å². The molecule has 1 fully saturated rings. The first-order chi connectivity index (χ1) is 14.6. The van der Waals surface area contributed by atoms with Crippen LogP contribution in [0.2, 0.25) is 0 Å². The molecule has 0 aliphatic carbocycles. The van der Waals surface area contributed by atoms with Crippen LogP contribution >= 0.6 is 0 Å². The van der Waals surface area contributed by atoms with Gasteiger partial charge in [-0.15, -0.1) is 0 Å². The number of hydrogen-bond donors (Lipinski definition) is 2. The molecule has 3 rings (SSSR count). The van der Waals surface area contributed by atoms with Crippen LogP contribution in [0.15, 0.2) is 47.5 Å². The zero-order valence-corrected chi connectivity index (χ0v) is 18.4. The molecule has 0 amide bonds. The van der Waals surface area contributed by atoms with Crippen molar-refractivity contribution in [3.8, 4) is 11.5 Å². The summed E-state index contributed by atoms with van der Waals surface area (Å²) in [6.45, 7) is 6.71. The summed E-state index contributed by atoms with van der Waals surface area (Å²) >= 11 is 0. The summed E-state index contributed by atoms with van der Waals surface area (Å²) in [5.74, 6) is 3.53. The number of nitrogens with one attached hydrogen (secondary N) is 2. The van der Waals surface area contributed by atoms with E-state index in [2.05, 4.69) is 37.6 Å². The molecule has 0 saturated carbocycles. The van der Waals surface area contributed by atoms with Gasteiger partial charge in [-0.1, -0.05) is 6.07 Å². The molecule has 1 aromatic carbocycles. The van der Waals surface area contributed by atoms with Gasteiger partial charge in [-0.25, -0.2) is 4.98 Å². The van der Waals surface area contributed by atoms with Crippen molar-refractivity contribution in [2.45, 2.75) is 38.8 Å². The smallest absolute Gasteiger partial charge is 0.191 e. The molecule has 0 bridgehead atoms. The number of rotatable bonds is 7. The monoisotopic (exact) mass is 411 g/mol. The molecular formula is C23H33N5O2. The fraction of sp³-hybridized carbons (Fsp3) is 0.478. The Morgan fingerprint density at radius 3 is 2.50 bits per heavy atom. The number of methoxy groups -OCH3 is 1. The molecular weight excluding hydrogens is 378 g/mol. The molecule has 7 nitrogen and oxygen atoms in total. The largest absolute Gasteiger partial charge is 0.497 e. The highest BCUT2D eigenvalue weighted by molar-refractivity contribution is 5.80. The highest BCUT2D eigenvalue weighted by Crippen LogP contribution is 2.19. The van der Waals surface area contributed by atoms with Gasteiger partial charge in [0.1, 0.15) is 23.4 Å². The summed E-state index contributed by atoms with van der Waals surface area (Å²) in [6.07, 6.45) is 2.11. The molecule has 1 aliphatic rings. The lowest BCUT2D eigenvalue weighted by Crippen LogP contribution is -2.50. The minimum atomic E-state index is 0.00573. The first-order valence-corrected chi connectivity index (χ1v) is 10.5. The van der Waals surface area contributed by atoms with Gasteiger partial charge in [0.25, 0.3) is 0 Å². The number of pyridine rings is 1. The van der Waals surface area contributed by atoms with E-state index in [0.717, 1.165) is 54.9 Å². The Hall–Kier alpha value is -2.96. The number of benzene rings is 1. The molecule has 2 aromatic rings. The molecule has 1 unspecified atom stereocenters. The maximum atomic E-state index is 5.96. The van der Waals surface area contributed by atoms with Crippen molar-refractivity contribution < 1.29 is 9.47 Å².